The molecule has 1 N–H and O–H groups in total. The molecule has 0 saturated carbocycles. The molecule has 0 amide bonds. The lowest BCUT2D eigenvalue weighted by Gasteiger charge is -2.21. The number of aliphatic hydroxyl groups excluding tert-OH is 1. The van der Waals surface area contributed by atoms with Crippen LogP contribution in [0.15, 0.2) is 12.3 Å². The van der Waals surface area contributed by atoms with Crippen LogP contribution in [0.3, 0.4) is 0 Å². The summed E-state index contributed by atoms with van der Waals surface area (Å²) in [6.07, 6.45) is 43.3. The Balaban J connectivity index is 3.95. The van der Waals surface area contributed by atoms with Crippen molar-refractivity contribution < 1.29 is 9.84 Å². The molecule has 0 radical (unpaired) electrons. The highest BCUT2D eigenvalue weighted by atomic mass is 16.5. The molecule has 0 spiro atoms. The van der Waals surface area contributed by atoms with E-state index in [1.165, 1.54) is 199 Å². The van der Waals surface area contributed by atoms with Gasteiger partial charge in [-0.15, -0.1) is 0 Å². The van der Waals surface area contributed by atoms with Crippen LogP contribution in [0.4, 0.5) is 0 Å². The van der Waals surface area contributed by atoms with Gasteiger partial charge in [-0.1, -0.05) is 181 Å². The summed E-state index contributed by atoms with van der Waals surface area (Å²) in [5.74, 6) is 1.04. The largest absolute Gasteiger partial charge is 0.495 e. The maximum Gasteiger partial charge on any atom is 0.0982 e. The van der Waals surface area contributed by atoms with Gasteiger partial charge in [0, 0.05) is 13.0 Å². The minimum Gasteiger partial charge on any atom is -0.495 e. The zero-order chi connectivity index (χ0) is 32.9. The summed E-state index contributed by atoms with van der Waals surface area (Å²) in [7, 11) is 0. The van der Waals surface area contributed by atoms with Gasteiger partial charge in [0.05, 0.1) is 18.5 Å². The van der Waals surface area contributed by atoms with E-state index < -0.39 is 0 Å². The van der Waals surface area contributed by atoms with Gasteiger partial charge in [0.15, 0.2) is 0 Å². The predicted molar refractivity (Wildman–Crippen MR) is 202 cm³/mol. The van der Waals surface area contributed by atoms with Crippen LogP contribution >= 0.6 is 0 Å². The lowest BCUT2D eigenvalue weighted by molar-refractivity contribution is 0.0895. The second kappa shape index (κ2) is 37.9. The van der Waals surface area contributed by atoms with E-state index in [0.717, 1.165) is 31.8 Å². The summed E-state index contributed by atoms with van der Waals surface area (Å²) in [5, 5.41) is 9.54. The second-order valence-electron chi connectivity index (χ2n) is 14.4. The molecule has 0 aliphatic rings. The maximum absolute atomic E-state index is 9.54. The van der Waals surface area contributed by atoms with Crippen molar-refractivity contribution >= 4 is 0 Å². The van der Waals surface area contributed by atoms with E-state index in [1.54, 1.807) is 0 Å². The van der Waals surface area contributed by atoms with E-state index in [1.807, 2.05) is 0 Å². The van der Waals surface area contributed by atoms with Gasteiger partial charge in [-0.25, -0.2) is 0 Å². The molecule has 0 rings (SSSR count). The molecule has 0 heterocycles. The van der Waals surface area contributed by atoms with Gasteiger partial charge in [-0.3, -0.25) is 0 Å². The van der Waals surface area contributed by atoms with E-state index in [9.17, 15) is 5.11 Å². The van der Waals surface area contributed by atoms with E-state index in [-0.39, 0.29) is 0 Å². The zero-order valence-electron chi connectivity index (χ0n) is 31.5. The Hall–Kier alpha value is -0.540. The minimum atomic E-state index is 0.291. The van der Waals surface area contributed by atoms with Crippen LogP contribution in [0.1, 0.15) is 226 Å². The fourth-order valence-electron chi connectivity index (χ4n) is 6.70. The summed E-state index contributed by atoms with van der Waals surface area (Å²) in [6.45, 7) is 14.7. The molecule has 0 aliphatic heterocycles. The van der Waals surface area contributed by atoms with Crippen LogP contribution in [0.25, 0.3) is 0 Å². The average molecular weight is 636 g/mol. The first-order valence-corrected chi connectivity index (χ1v) is 20.8. The van der Waals surface area contributed by atoms with Crippen LogP contribution in [-0.4, -0.2) is 42.4 Å². The Labute approximate surface area is 285 Å². The lowest BCUT2D eigenvalue weighted by atomic mass is 10.0. The first kappa shape index (κ1) is 44.5. The number of ether oxygens (including phenoxy) is 1. The number of unbranched alkanes of at least 4 members (excludes halogenated alkanes) is 25. The molecular formula is C42H85NO2. The van der Waals surface area contributed by atoms with Crippen molar-refractivity contribution in [3.05, 3.63) is 12.3 Å². The molecule has 0 fully saturated rings. The van der Waals surface area contributed by atoms with E-state index in [0.29, 0.717) is 12.7 Å². The molecule has 0 aromatic carbocycles. The van der Waals surface area contributed by atoms with Crippen LogP contribution in [-0.2, 0) is 4.74 Å². The Morgan fingerprint density at radius 2 is 0.800 bits per heavy atom. The molecule has 0 saturated heterocycles. The van der Waals surface area contributed by atoms with Crippen molar-refractivity contribution in [2.24, 2.45) is 0 Å². The topological polar surface area (TPSA) is 32.7 Å². The fraction of sp³-hybridized carbons (Fsp3) is 0.952. The van der Waals surface area contributed by atoms with Crippen LogP contribution in [0.2, 0.25) is 0 Å². The van der Waals surface area contributed by atoms with Gasteiger partial charge < -0.3 is 14.7 Å². The smallest absolute Gasteiger partial charge is 0.0982 e. The molecule has 45 heavy (non-hydrogen) atoms. The van der Waals surface area contributed by atoms with Crippen molar-refractivity contribution in [2.75, 3.05) is 26.2 Å². The quantitative estimate of drug-likeness (QED) is 0.0539. The van der Waals surface area contributed by atoms with Crippen molar-refractivity contribution in [3.63, 3.8) is 0 Å². The number of aliphatic hydroxyl groups is 1. The Morgan fingerprint density at radius 3 is 1.18 bits per heavy atom. The molecule has 0 atom stereocenters. The molecular weight excluding hydrogens is 550 g/mol. The van der Waals surface area contributed by atoms with E-state index in [4.69, 9.17) is 4.74 Å². The summed E-state index contributed by atoms with van der Waals surface area (Å²) in [4.78, 5) is 2.50. The molecule has 0 aromatic heterocycles. The number of hydrogen-bond acceptors (Lipinski definition) is 3. The summed E-state index contributed by atoms with van der Waals surface area (Å²) in [6, 6.07) is 0. The minimum absolute atomic E-state index is 0.291. The Kier molecular flexibility index (Phi) is 37.5. The first-order chi connectivity index (χ1) is 22.2. The third kappa shape index (κ3) is 34.6. The first-order valence-electron chi connectivity index (χ1n) is 20.8. The number of hydrogen-bond donors (Lipinski definition) is 1. The standard InChI is InChI=1S/C42H85NO2/c1-5-8-11-14-17-18-19-20-21-22-27-32-37-43(39-40-44)38-33-28-23-24-29-34-41(4)45-42(35-30-25-15-12-9-6-2)36-31-26-16-13-10-7-3/h42,44H,4-40H2,1-3H3. The van der Waals surface area contributed by atoms with Gasteiger partial charge in [-0.2, -0.15) is 0 Å². The van der Waals surface area contributed by atoms with E-state index >= 15 is 0 Å². The third-order valence-corrected chi connectivity index (χ3v) is 9.77. The summed E-state index contributed by atoms with van der Waals surface area (Å²) >= 11 is 0. The average Bonchev–Trinajstić information content (AvgIpc) is 3.04. The molecule has 270 valence electrons. The number of allylic oxidation sites excluding steroid dienone is 1. The van der Waals surface area contributed by atoms with Crippen LogP contribution in [0, 0.1) is 0 Å². The van der Waals surface area contributed by atoms with Crippen molar-refractivity contribution in [1.82, 2.24) is 4.90 Å². The van der Waals surface area contributed by atoms with Gasteiger partial charge >= 0.3 is 0 Å². The predicted octanol–water partition coefficient (Wildman–Crippen LogP) is 13.7. The molecule has 0 aliphatic carbocycles. The van der Waals surface area contributed by atoms with Crippen molar-refractivity contribution in [1.29, 1.82) is 0 Å². The fourth-order valence-corrected chi connectivity index (χ4v) is 6.70. The maximum atomic E-state index is 9.54. The molecule has 0 unspecified atom stereocenters. The molecule has 0 aromatic rings. The second-order valence-corrected chi connectivity index (χ2v) is 14.4. The normalized spacial score (nSPS) is 11.7. The Bertz CT molecular complexity index is 549. The third-order valence-electron chi connectivity index (χ3n) is 9.77. The highest BCUT2D eigenvalue weighted by Crippen LogP contribution is 2.21. The van der Waals surface area contributed by atoms with Gasteiger partial charge in [-0.05, 0) is 58.0 Å². The van der Waals surface area contributed by atoms with Crippen LogP contribution in [0.5, 0.6) is 0 Å². The monoisotopic (exact) mass is 636 g/mol. The number of nitrogens with zero attached hydrogens (tertiary/aromatic N) is 1. The SMILES string of the molecule is C=C(CCCCCCCN(CCO)CCCCCCCCCCCCCC)OC(CCCCCCCC)CCCCCCCC. The summed E-state index contributed by atoms with van der Waals surface area (Å²) in [5.41, 5.74) is 0. The van der Waals surface area contributed by atoms with Crippen molar-refractivity contribution in [3.8, 4) is 0 Å². The van der Waals surface area contributed by atoms with Gasteiger partial charge in [0.1, 0.15) is 0 Å². The highest BCUT2D eigenvalue weighted by Gasteiger charge is 2.11. The van der Waals surface area contributed by atoms with Crippen LogP contribution < -0.4 is 0 Å². The number of rotatable bonds is 39. The van der Waals surface area contributed by atoms with Gasteiger partial charge in [0.25, 0.3) is 0 Å². The van der Waals surface area contributed by atoms with E-state index in [2.05, 4.69) is 32.3 Å². The van der Waals surface area contributed by atoms with Gasteiger partial charge in [0.2, 0.25) is 0 Å². The highest BCUT2D eigenvalue weighted by molar-refractivity contribution is 4.84. The molecule has 0 bridgehead atoms. The lowest BCUT2D eigenvalue weighted by Crippen LogP contribution is -2.29. The zero-order valence-corrected chi connectivity index (χ0v) is 31.5. The Morgan fingerprint density at radius 1 is 0.467 bits per heavy atom. The van der Waals surface area contributed by atoms with Crippen molar-refractivity contribution in [2.45, 2.75) is 232 Å². The molecule has 3 nitrogen and oxygen atoms in total. The molecule has 3 heteroatoms. The summed E-state index contributed by atoms with van der Waals surface area (Å²) < 4.78 is 6.46.